The van der Waals surface area contributed by atoms with Gasteiger partial charge in [0.25, 0.3) is 5.91 Å². The van der Waals surface area contributed by atoms with Crippen LogP contribution in [0.15, 0.2) is 54.6 Å². The highest BCUT2D eigenvalue weighted by atomic mass is 35.5. The van der Waals surface area contributed by atoms with Crippen LogP contribution in [0.4, 0.5) is 16.0 Å². The molecule has 0 unspecified atom stereocenters. The van der Waals surface area contributed by atoms with Gasteiger partial charge in [0.05, 0.1) is 0 Å². The summed E-state index contributed by atoms with van der Waals surface area (Å²) in [5, 5.41) is 3.07. The van der Waals surface area contributed by atoms with Crippen LogP contribution in [0.5, 0.6) is 0 Å². The average molecular weight is 356 g/mol. The van der Waals surface area contributed by atoms with Crippen LogP contribution in [-0.2, 0) is 0 Å². The molecule has 126 valence electrons. The number of hydrogen-bond donors (Lipinski definition) is 2. The number of pyridine rings is 1. The van der Waals surface area contributed by atoms with E-state index in [4.69, 9.17) is 17.3 Å². The van der Waals surface area contributed by atoms with Crippen molar-refractivity contribution in [3.05, 3.63) is 76.6 Å². The molecule has 0 aliphatic rings. The number of anilines is 2. The van der Waals surface area contributed by atoms with Crippen molar-refractivity contribution >= 4 is 29.1 Å². The van der Waals surface area contributed by atoms with Crippen LogP contribution in [-0.4, -0.2) is 10.9 Å². The summed E-state index contributed by atoms with van der Waals surface area (Å²) in [5.41, 5.74) is 8.18. The van der Waals surface area contributed by atoms with Crippen LogP contribution in [0.2, 0.25) is 5.02 Å². The van der Waals surface area contributed by atoms with E-state index in [2.05, 4.69) is 10.3 Å². The highest BCUT2D eigenvalue weighted by Crippen LogP contribution is 2.30. The van der Waals surface area contributed by atoms with E-state index >= 15 is 0 Å². The summed E-state index contributed by atoms with van der Waals surface area (Å²) in [7, 11) is 0. The van der Waals surface area contributed by atoms with E-state index in [-0.39, 0.29) is 23.1 Å². The number of nitrogens with two attached hydrogens (primary N) is 1. The lowest BCUT2D eigenvalue weighted by molar-refractivity contribution is 0.102. The third kappa shape index (κ3) is 3.78. The van der Waals surface area contributed by atoms with Crippen LogP contribution in [0, 0.1) is 12.7 Å². The smallest absolute Gasteiger partial charge is 0.256 e. The quantitative estimate of drug-likeness (QED) is 0.716. The Bertz CT molecular complexity index is 942. The minimum atomic E-state index is -0.450. The summed E-state index contributed by atoms with van der Waals surface area (Å²) < 4.78 is 14.0. The summed E-state index contributed by atoms with van der Waals surface area (Å²) in [6.07, 6.45) is 0. The Morgan fingerprint density at radius 1 is 1.08 bits per heavy atom. The molecule has 4 nitrogen and oxygen atoms in total. The topological polar surface area (TPSA) is 68.0 Å². The molecule has 3 rings (SSSR count). The van der Waals surface area contributed by atoms with Crippen molar-refractivity contribution in [3.63, 3.8) is 0 Å². The Labute approximate surface area is 149 Å². The van der Waals surface area contributed by atoms with Gasteiger partial charge in [-0.15, -0.1) is 0 Å². The van der Waals surface area contributed by atoms with Gasteiger partial charge in [0.1, 0.15) is 17.5 Å². The average Bonchev–Trinajstić information content (AvgIpc) is 2.58. The van der Waals surface area contributed by atoms with Gasteiger partial charge in [-0.25, -0.2) is 9.37 Å². The Morgan fingerprint density at radius 3 is 2.48 bits per heavy atom. The second kappa shape index (κ2) is 6.91. The number of nitrogen functional groups attached to an aromatic ring is 1. The number of benzene rings is 2. The minimum Gasteiger partial charge on any atom is -0.383 e. The highest BCUT2D eigenvalue weighted by Gasteiger charge is 2.12. The van der Waals surface area contributed by atoms with E-state index < -0.39 is 5.82 Å². The number of halogens is 2. The largest absolute Gasteiger partial charge is 0.383 e. The van der Waals surface area contributed by atoms with Crippen molar-refractivity contribution in [2.24, 2.45) is 0 Å². The van der Waals surface area contributed by atoms with Crippen molar-refractivity contribution in [2.75, 3.05) is 11.1 Å². The van der Waals surface area contributed by atoms with Crippen molar-refractivity contribution < 1.29 is 9.18 Å². The van der Waals surface area contributed by atoms with Gasteiger partial charge >= 0.3 is 0 Å². The van der Waals surface area contributed by atoms with E-state index in [9.17, 15) is 9.18 Å². The van der Waals surface area contributed by atoms with Crippen LogP contribution < -0.4 is 11.1 Å². The van der Waals surface area contributed by atoms with Gasteiger partial charge in [-0.2, -0.15) is 0 Å². The molecule has 3 aromatic rings. The first kappa shape index (κ1) is 16.9. The Hall–Kier alpha value is -2.92. The SMILES string of the molecule is Cc1ccc(C(=O)Nc2ccc(-c3cc(Cl)ccc3F)c(N)n2)cc1. The Morgan fingerprint density at radius 2 is 1.80 bits per heavy atom. The van der Waals surface area contributed by atoms with Gasteiger partial charge in [0.2, 0.25) is 0 Å². The monoisotopic (exact) mass is 355 g/mol. The lowest BCUT2D eigenvalue weighted by Gasteiger charge is -2.10. The first-order chi connectivity index (χ1) is 11.9. The van der Waals surface area contributed by atoms with Gasteiger partial charge in [-0.1, -0.05) is 29.3 Å². The van der Waals surface area contributed by atoms with Crippen LogP contribution >= 0.6 is 11.6 Å². The van der Waals surface area contributed by atoms with Crippen molar-refractivity contribution in [2.45, 2.75) is 6.92 Å². The number of rotatable bonds is 3. The number of nitrogens with zero attached hydrogens (tertiary/aromatic N) is 1. The summed E-state index contributed by atoms with van der Waals surface area (Å²) in [6.45, 7) is 1.94. The first-order valence-electron chi connectivity index (χ1n) is 7.54. The van der Waals surface area contributed by atoms with Crippen LogP contribution in [0.1, 0.15) is 15.9 Å². The first-order valence-corrected chi connectivity index (χ1v) is 7.92. The lowest BCUT2D eigenvalue weighted by Crippen LogP contribution is -2.13. The van der Waals surface area contributed by atoms with Crippen molar-refractivity contribution in [3.8, 4) is 11.1 Å². The molecule has 0 aliphatic heterocycles. The molecule has 6 heteroatoms. The molecule has 0 bridgehead atoms. The molecule has 0 spiro atoms. The fourth-order valence-electron chi connectivity index (χ4n) is 2.37. The standard InChI is InChI=1S/C19H15ClFN3O/c1-11-2-4-12(5-3-11)19(25)24-17-9-7-14(18(22)23-17)15-10-13(20)6-8-16(15)21/h2-10H,1H3,(H3,22,23,24,25). The van der Waals surface area contributed by atoms with Gasteiger partial charge in [-0.05, 0) is 49.4 Å². The second-order valence-corrected chi connectivity index (χ2v) is 6.01. The van der Waals surface area contributed by atoms with Crippen molar-refractivity contribution in [1.29, 1.82) is 0 Å². The maximum atomic E-state index is 14.0. The van der Waals surface area contributed by atoms with Gasteiger partial charge in [0.15, 0.2) is 0 Å². The maximum Gasteiger partial charge on any atom is 0.256 e. The molecule has 1 heterocycles. The second-order valence-electron chi connectivity index (χ2n) is 5.57. The lowest BCUT2D eigenvalue weighted by atomic mass is 10.1. The normalized spacial score (nSPS) is 10.5. The molecule has 0 saturated heterocycles. The molecule has 1 amide bonds. The van der Waals surface area contributed by atoms with Gasteiger partial charge < -0.3 is 11.1 Å². The molecular weight excluding hydrogens is 341 g/mol. The summed E-state index contributed by atoms with van der Waals surface area (Å²) in [4.78, 5) is 16.4. The summed E-state index contributed by atoms with van der Waals surface area (Å²) in [6, 6.07) is 14.5. The van der Waals surface area contributed by atoms with E-state index in [1.54, 1.807) is 24.3 Å². The number of carbonyl (C=O) groups is 1. The fraction of sp³-hybridized carbons (Fsp3) is 0.0526. The molecule has 0 atom stereocenters. The minimum absolute atomic E-state index is 0.0999. The Balaban J connectivity index is 1.86. The number of amides is 1. The van der Waals surface area contributed by atoms with Crippen LogP contribution in [0.3, 0.4) is 0 Å². The number of hydrogen-bond acceptors (Lipinski definition) is 3. The summed E-state index contributed by atoms with van der Waals surface area (Å²) >= 11 is 5.91. The van der Waals surface area contributed by atoms with E-state index in [1.807, 2.05) is 19.1 Å². The number of aryl methyl sites for hydroxylation is 1. The molecular formula is C19H15ClFN3O. The highest BCUT2D eigenvalue weighted by molar-refractivity contribution is 6.30. The molecule has 0 radical (unpaired) electrons. The molecule has 2 aromatic carbocycles. The third-order valence-corrected chi connectivity index (χ3v) is 3.93. The predicted molar refractivity (Wildman–Crippen MR) is 98.2 cm³/mol. The molecule has 0 fully saturated rings. The molecule has 25 heavy (non-hydrogen) atoms. The Kier molecular flexibility index (Phi) is 4.67. The zero-order chi connectivity index (χ0) is 18.0. The number of carbonyl (C=O) groups excluding carboxylic acids is 1. The zero-order valence-corrected chi connectivity index (χ0v) is 14.1. The van der Waals surface area contributed by atoms with E-state index in [0.717, 1.165) is 5.56 Å². The fourth-order valence-corrected chi connectivity index (χ4v) is 2.54. The molecule has 0 saturated carbocycles. The third-order valence-electron chi connectivity index (χ3n) is 3.70. The molecule has 0 aliphatic carbocycles. The maximum absolute atomic E-state index is 14.0. The number of nitrogens with one attached hydrogen (secondary N) is 1. The molecule has 1 aromatic heterocycles. The number of aromatic nitrogens is 1. The van der Waals surface area contributed by atoms with Gasteiger partial charge in [0, 0.05) is 21.7 Å². The van der Waals surface area contributed by atoms with Crippen LogP contribution in [0.25, 0.3) is 11.1 Å². The predicted octanol–water partition coefficient (Wildman–Crippen LogP) is 4.68. The summed E-state index contributed by atoms with van der Waals surface area (Å²) in [5.74, 6) is -0.361. The van der Waals surface area contributed by atoms with E-state index in [1.165, 1.54) is 18.2 Å². The van der Waals surface area contributed by atoms with Gasteiger partial charge in [-0.3, -0.25) is 4.79 Å². The van der Waals surface area contributed by atoms with Crippen molar-refractivity contribution in [1.82, 2.24) is 4.98 Å². The van der Waals surface area contributed by atoms with E-state index in [0.29, 0.717) is 16.1 Å². The zero-order valence-electron chi connectivity index (χ0n) is 13.4. The molecule has 3 N–H and O–H groups in total.